The number of benzene rings is 1. The Hall–Kier alpha value is -3.44. The number of carbonyl (C=O) groups excluding carboxylic acids is 2. The Morgan fingerprint density at radius 2 is 1.89 bits per heavy atom. The first-order chi connectivity index (χ1) is 17.8. The van der Waals surface area contributed by atoms with Crippen LogP contribution in [0.1, 0.15) is 70.0 Å². The number of nitriles is 1. The molecule has 2 amide bonds. The van der Waals surface area contributed by atoms with Gasteiger partial charge in [-0.15, -0.1) is 0 Å². The van der Waals surface area contributed by atoms with Crippen molar-refractivity contribution in [1.82, 2.24) is 15.2 Å². The zero-order valence-corrected chi connectivity index (χ0v) is 22.0. The number of aromatic nitrogens is 1. The van der Waals surface area contributed by atoms with Crippen molar-refractivity contribution < 1.29 is 14.3 Å². The number of nitrogens with one attached hydrogen (secondary N) is 1. The largest absolute Gasteiger partial charge is 0.377 e. The van der Waals surface area contributed by atoms with Crippen LogP contribution in [0.3, 0.4) is 0 Å². The smallest absolute Gasteiger partial charge is 0.253 e. The van der Waals surface area contributed by atoms with Crippen LogP contribution in [0.2, 0.25) is 0 Å². The Kier molecular flexibility index (Phi) is 8.45. The fraction of sp³-hybridized carbons (Fsp3) is 0.517. The number of amides is 2. The predicted octanol–water partition coefficient (Wildman–Crippen LogP) is 4.08. The van der Waals surface area contributed by atoms with Gasteiger partial charge in [-0.3, -0.25) is 24.4 Å². The maximum absolute atomic E-state index is 14.2. The van der Waals surface area contributed by atoms with Gasteiger partial charge in [0.15, 0.2) is 6.19 Å². The average molecular weight is 504 g/mol. The topological polar surface area (TPSA) is 98.6 Å². The predicted molar refractivity (Wildman–Crippen MR) is 142 cm³/mol. The van der Waals surface area contributed by atoms with E-state index in [-0.39, 0.29) is 29.9 Å². The van der Waals surface area contributed by atoms with Gasteiger partial charge in [-0.2, -0.15) is 5.26 Å². The van der Waals surface area contributed by atoms with Crippen molar-refractivity contribution >= 4 is 17.5 Å². The molecule has 1 unspecified atom stereocenters. The molecule has 196 valence electrons. The van der Waals surface area contributed by atoms with E-state index >= 15 is 0 Å². The van der Waals surface area contributed by atoms with Gasteiger partial charge < -0.3 is 10.1 Å². The highest BCUT2D eigenvalue weighted by atomic mass is 16.5. The van der Waals surface area contributed by atoms with Gasteiger partial charge in [0.2, 0.25) is 5.91 Å². The third-order valence-corrected chi connectivity index (χ3v) is 7.25. The van der Waals surface area contributed by atoms with Crippen molar-refractivity contribution in [3.05, 3.63) is 59.9 Å². The average Bonchev–Trinajstić information content (AvgIpc) is 2.92. The van der Waals surface area contributed by atoms with E-state index in [2.05, 4.69) is 37.3 Å². The molecular weight excluding hydrogens is 466 g/mol. The highest BCUT2D eigenvalue weighted by molar-refractivity contribution is 6.04. The summed E-state index contributed by atoms with van der Waals surface area (Å²) in [6.07, 6.45) is 10.6. The zero-order chi connectivity index (χ0) is 26.4. The molecule has 1 aliphatic carbocycles. The lowest BCUT2D eigenvalue weighted by atomic mass is 9.87. The van der Waals surface area contributed by atoms with Crippen molar-refractivity contribution in [2.75, 3.05) is 24.7 Å². The normalized spacial score (nSPS) is 19.5. The number of hydrogen-bond acceptors (Lipinski definition) is 6. The molecule has 37 heavy (non-hydrogen) atoms. The molecular formula is C29H37N5O3. The SMILES string of the molecule is CC(C)(C)c1ccc(N(C(=O)[C@H]2COCCN2C#N)C(C(=O)NC2CCCCC2)c2cccnc2)cc1. The van der Waals surface area contributed by atoms with E-state index < -0.39 is 12.1 Å². The molecule has 2 fully saturated rings. The van der Waals surface area contributed by atoms with Crippen LogP contribution in [-0.2, 0) is 19.7 Å². The number of nitrogens with zero attached hydrogens (tertiary/aromatic N) is 4. The van der Waals surface area contributed by atoms with Gasteiger partial charge in [-0.25, -0.2) is 0 Å². The first kappa shape index (κ1) is 26.6. The van der Waals surface area contributed by atoms with Crippen LogP contribution in [0.25, 0.3) is 0 Å². The summed E-state index contributed by atoms with van der Waals surface area (Å²) in [5.74, 6) is -0.592. The lowest BCUT2D eigenvalue weighted by Crippen LogP contribution is -2.56. The Balaban J connectivity index is 1.78. The third kappa shape index (κ3) is 6.28. The first-order valence-electron chi connectivity index (χ1n) is 13.2. The van der Waals surface area contributed by atoms with Crippen molar-refractivity contribution in [1.29, 1.82) is 5.26 Å². The summed E-state index contributed by atoms with van der Waals surface area (Å²) >= 11 is 0. The monoisotopic (exact) mass is 503 g/mol. The summed E-state index contributed by atoms with van der Waals surface area (Å²) in [4.78, 5) is 35.4. The van der Waals surface area contributed by atoms with Gasteiger partial charge in [-0.05, 0) is 42.0 Å². The first-order valence-corrected chi connectivity index (χ1v) is 13.2. The molecule has 0 radical (unpaired) electrons. The highest BCUT2D eigenvalue weighted by Crippen LogP contribution is 2.32. The Bertz CT molecular complexity index is 1100. The molecule has 8 heteroatoms. The van der Waals surface area contributed by atoms with Gasteiger partial charge >= 0.3 is 0 Å². The summed E-state index contributed by atoms with van der Waals surface area (Å²) in [6, 6.07) is 9.67. The fourth-order valence-electron chi connectivity index (χ4n) is 5.10. The molecule has 0 spiro atoms. The number of morpholine rings is 1. The maximum atomic E-state index is 14.2. The van der Waals surface area contributed by atoms with Crippen molar-refractivity contribution in [2.45, 2.75) is 76.4 Å². The molecule has 2 aliphatic rings. The van der Waals surface area contributed by atoms with Crippen LogP contribution in [0.5, 0.6) is 0 Å². The zero-order valence-electron chi connectivity index (χ0n) is 22.0. The summed E-state index contributed by atoms with van der Waals surface area (Å²) in [6.45, 7) is 7.19. The van der Waals surface area contributed by atoms with Gasteiger partial charge in [0.05, 0.1) is 19.8 Å². The van der Waals surface area contributed by atoms with Crippen LogP contribution >= 0.6 is 0 Å². The maximum Gasteiger partial charge on any atom is 0.253 e. The molecule has 0 bridgehead atoms. The number of ether oxygens (including phenoxy) is 1. The van der Waals surface area contributed by atoms with Crippen molar-refractivity contribution in [2.24, 2.45) is 0 Å². The van der Waals surface area contributed by atoms with Crippen LogP contribution in [-0.4, -0.2) is 53.5 Å². The number of pyridine rings is 1. The molecule has 1 saturated heterocycles. The second kappa shape index (κ2) is 11.7. The van der Waals surface area contributed by atoms with Gasteiger partial charge in [0.1, 0.15) is 12.1 Å². The van der Waals surface area contributed by atoms with Crippen LogP contribution in [0.4, 0.5) is 5.69 Å². The van der Waals surface area contributed by atoms with Crippen LogP contribution in [0.15, 0.2) is 48.8 Å². The molecule has 8 nitrogen and oxygen atoms in total. The van der Waals surface area contributed by atoms with Crippen molar-refractivity contribution in [3.8, 4) is 6.19 Å². The molecule has 2 aromatic rings. The standard InChI is InChI=1S/C29H37N5O3/c1-29(2,3)22-11-13-24(14-12-22)34(28(36)25-19-37-17-16-33(25)20-30)26(21-8-7-15-31-18-21)27(35)32-23-9-5-4-6-10-23/h7-8,11-15,18,23,25-26H,4-6,9-10,16-17,19H2,1-3H3,(H,32,35)/t25-,26?/m1/s1. The minimum atomic E-state index is -0.939. The lowest BCUT2D eigenvalue weighted by molar-refractivity contribution is -0.132. The van der Waals surface area contributed by atoms with Crippen molar-refractivity contribution in [3.63, 3.8) is 0 Å². The second-order valence-corrected chi connectivity index (χ2v) is 10.9. The summed E-state index contributed by atoms with van der Waals surface area (Å²) < 4.78 is 5.60. The van der Waals surface area contributed by atoms with E-state index in [1.54, 1.807) is 18.5 Å². The van der Waals surface area contributed by atoms with E-state index in [1.807, 2.05) is 30.3 Å². The number of rotatable bonds is 6. The molecule has 1 aromatic carbocycles. The minimum absolute atomic E-state index is 0.0662. The number of hydrogen-bond donors (Lipinski definition) is 1. The Labute approximate surface area is 219 Å². The van der Waals surface area contributed by atoms with E-state index in [9.17, 15) is 14.9 Å². The molecule has 2 heterocycles. The molecule has 1 aliphatic heterocycles. The molecule has 1 aromatic heterocycles. The quantitative estimate of drug-likeness (QED) is 0.597. The van der Waals surface area contributed by atoms with Crippen LogP contribution < -0.4 is 10.2 Å². The summed E-state index contributed by atoms with van der Waals surface area (Å²) in [5, 5.41) is 12.9. The molecule has 4 rings (SSSR count). The third-order valence-electron chi connectivity index (χ3n) is 7.25. The van der Waals surface area contributed by atoms with E-state index in [1.165, 1.54) is 16.2 Å². The molecule has 1 saturated carbocycles. The van der Waals surface area contributed by atoms with Gasteiger partial charge in [-0.1, -0.05) is 58.2 Å². The number of anilines is 1. The minimum Gasteiger partial charge on any atom is -0.377 e. The van der Waals surface area contributed by atoms with E-state index in [4.69, 9.17) is 4.74 Å². The fourth-order valence-corrected chi connectivity index (χ4v) is 5.10. The van der Waals surface area contributed by atoms with Gasteiger partial charge in [0, 0.05) is 29.7 Å². The van der Waals surface area contributed by atoms with E-state index in [0.29, 0.717) is 24.4 Å². The number of carbonyl (C=O) groups is 2. The highest BCUT2D eigenvalue weighted by Gasteiger charge is 2.40. The van der Waals surface area contributed by atoms with E-state index in [0.717, 1.165) is 31.2 Å². The molecule has 2 atom stereocenters. The Morgan fingerprint density at radius 1 is 1.16 bits per heavy atom. The molecule has 1 N–H and O–H groups in total. The van der Waals surface area contributed by atoms with Crippen LogP contribution in [0, 0.1) is 11.5 Å². The lowest BCUT2D eigenvalue weighted by Gasteiger charge is -2.38. The second-order valence-electron chi connectivity index (χ2n) is 10.9. The summed E-state index contributed by atoms with van der Waals surface area (Å²) in [7, 11) is 0. The summed E-state index contributed by atoms with van der Waals surface area (Å²) in [5.41, 5.74) is 2.26. The Morgan fingerprint density at radius 3 is 2.51 bits per heavy atom. The van der Waals surface area contributed by atoms with Gasteiger partial charge in [0.25, 0.3) is 5.91 Å².